The number of hydrogen-bond donors (Lipinski definition) is 1. The van der Waals surface area contributed by atoms with Gasteiger partial charge in [0.2, 0.25) is 5.91 Å². The van der Waals surface area contributed by atoms with Crippen molar-refractivity contribution in [1.82, 2.24) is 9.97 Å². The van der Waals surface area contributed by atoms with Crippen molar-refractivity contribution in [3.8, 4) is 22.8 Å². The molecule has 1 N–H and O–H groups in total. The van der Waals surface area contributed by atoms with Crippen molar-refractivity contribution < 1.29 is 27.4 Å². The Morgan fingerprint density at radius 1 is 1.20 bits per heavy atom. The van der Waals surface area contributed by atoms with Crippen LogP contribution in [0.25, 0.3) is 11.3 Å². The summed E-state index contributed by atoms with van der Waals surface area (Å²) in [6, 6.07) is 7.50. The van der Waals surface area contributed by atoms with Gasteiger partial charge in [0, 0.05) is 23.2 Å². The zero-order valence-electron chi connectivity index (χ0n) is 15.8. The number of alkyl halides is 3. The van der Waals surface area contributed by atoms with Crippen LogP contribution in [0, 0.1) is 0 Å². The number of amides is 1. The van der Waals surface area contributed by atoms with E-state index in [2.05, 4.69) is 15.3 Å². The Hall–Kier alpha value is -2.79. The first-order chi connectivity index (χ1) is 14.3. The molecule has 0 aliphatic carbocycles. The zero-order chi connectivity index (χ0) is 21.7. The summed E-state index contributed by atoms with van der Waals surface area (Å²) in [6.07, 6.45) is -3.70. The van der Waals surface area contributed by atoms with Gasteiger partial charge in [0.1, 0.15) is 11.5 Å². The number of ether oxygens (including phenoxy) is 2. The summed E-state index contributed by atoms with van der Waals surface area (Å²) in [4.78, 5) is 20.3. The quantitative estimate of drug-likeness (QED) is 0.507. The third-order valence-corrected chi connectivity index (χ3v) is 5.55. The van der Waals surface area contributed by atoms with E-state index in [9.17, 15) is 18.0 Å². The molecule has 0 spiro atoms. The fraction of sp³-hybridized carbons (Fsp3) is 0.211. The molecule has 0 aliphatic rings. The predicted octanol–water partition coefficient (Wildman–Crippen LogP) is 4.97. The van der Waals surface area contributed by atoms with Gasteiger partial charge in [-0.05, 0) is 24.3 Å². The molecule has 0 atom stereocenters. The molecule has 0 radical (unpaired) electrons. The van der Waals surface area contributed by atoms with E-state index >= 15 is 0 Å². The van der Waals surface area contributed by atoms with Gasteiger partial charge in [-0.25, -0.2) is 9.97 Å². The number of rotatable bonds is 7. The van der Waals surface area contributed by atoms with E-state index in [-0.39, 0.29) is 11.7 Å². The maximum absolute atomic E-state index is 12.6. The molecule has 0 saturated carbocycles. The molecule has 3 rings (SSSR count). The first-order valence-corrected chi connectivity index (χ1v) is 10.3. The summed E-state index contributed by atoms with van der Waals surface area (Å²) in [5.41, 5.74) is 0.547. The van der Waals surface area contributed by atoms with Gasteiger partial charge >= 0.3 is 6.18 Å². The highest BCUT2D eigenvalue weighted by Gasteiger charge is 2.30. The highest BCUT2D eigenvalue weighted by Crippen LogP contribution is 2.35. The monoisotopic (exact) mass is 455 g/mol. The summed E-state index contributed by atoms with van der Waals surface area (Å²) in [7, 11) is 3.10. The van der Waals surface area contributed by atoms with E-state index < -0.39 is 11.7 Å². The Morgan fingerprint density at radius 2 is 2.00 bits per heavy atom. The molecule has 0 aliphatic heterocycles. The summed E-state index contributed by atoms with van der Waals surface area (Å²) in [5, 5.41) is 5.17. The number of aromatic nitrogens is 2. The van der Waals surface area contributed by atoms with Crippen LogP contribution < -0.4 is 14.8 Å². The number of carbonyl (C=O) groups excluding carboxylic acids is 1. The number of hydrogen-bond acceptors (Lipinski definition) is 7. The van der Waals surface area contributed by atoms with E-state index in [0.29, 0.717) is 27.4 Å². The fourth-order valence-corrected chi connectivity index (χ4v) is 3.76. The summed E-state index contributed by atoms with van der Waals surface area (Å²) in [6.45, 7) is 0. The van der Waals surface area contributed by atoms with Crippen LogP contribution in [0.5, 0.6) is 11.5 Å². The van der Waals surface area contributed by atoms with Gasteiger partial charge in [0.15, 0.2) is 5.13 Å². The van der Waals surface area contributed by atoms with Crippen molar-refractivity contribution >= 4 is 34.1 Å². The maximum atomic E-state index is 12.6. The topological polar surface area (TPSA) is 73.3 Å². The summed E-state index contributed by atoms with van der Waals surface area (Å²) in [5.74, 6) is 0.873. The molecular formula is C19H16F3N3O3S2. The van der Waals surface area contributed by atoms with Crippen molar-refractivity contribution in [2.75, 3.05) is 25.3 Å². The molecule has 2 aromatic heterocycles. The van der Waals surface area contributed by atoms with Crippen LogP contribution in [0.2, 0.25) is 0 Å². The highest BCUT2D eigenvalue weighted by atomic mass is 32.2. The molecule has 3 aromatic rings. The number of halogens is 3. The lowest BCUT2D eigenvalue weighted by Crippen LogP contribution is -2.14. The van der Waals surface area contributed by atoms with E-state index in [0.717, 1.165) is 29.6 Å². The largest absolute Gasteiger partial charge is 0.497 e. The highest BCUT2D eigenvalue weighted by molar-refractivity contribution is 7.99. The number of pyridine rings is 1. The van der Waals surface area contributed by atoms with Gasteiger partial charge in [-0.1, -0.05) is 11.8 Å². The molecule has 0 fully saturated rings. The minimum absolute atomic E-state index is 0.0147. The van der Waals surface area contributed by atoms with Crippen molar-refractivity contribution in [2.24, 2.45) is 0 Å². The van der Waals surface area contributed by atoms with Crippen molar-refractivity contribution in [1.29, 1.82) is 0 Å². The van der Waals surface area contributed by atoms with Gasteiger partial charge in [-0.2, -0.15) is 13.2 Å². The van der Waals surface area contributed by atoms with Crippen LogP contribution in [0.15, 0.2) is 46.9 Å². The van der Waals surface area contributed by atoms with Crippen LogP contribution in [-0.2, 0) is 11.0 Å². The fourth-order valence-electron chi connectivity index (χ4n) is 2.39. The molecule has 158 valence electrons. The second-order valence-corrected chi connectivity index (χ2v) is 7.68. The van der Waals surface area contributed by atoms with Gasteiger partial charge in [0.25, 0.3) is 0 Å². The third kappa shape index (κ3) is 5.42. The number of nitrogens with zero attached hydrogens (tertiary/aromatic N) is 2. The van der Waals surface area contributed by atoms with Crippen LogP contribution in [0.1, 0.15) is 5.56 Å². The molecule has 2 heterocycles. The van der Waals surface area contributed by atoms with Gasteiger partial charge in [-0.3, -0.25) is 4.79 Å². The third-order valence-electron chi connectivity index (χ3n) is 3.85. The Labute approximate surface area is 178 Å². The number of methoxy groups -OCH3 is 2. The van der Waals surface area contributed by atoms with E-state index in [4.69, 9.17) is 9.47 Å². The van der Waals surface area contributed by atoms with E-state index in [1.165, 1.54) is 17.4 Å². The first-order valence-electron chi connectivity index (χ1n) is 8.44. The molecular weight excluding hydrogens is 439 g/mol. The van der Waals surface area contributed by atoms with Crippen molar-refractivity contribution in [2.45, 2.75) is 11.2 Å². The number of carbonyl (C=O) groups is 1. The van der Waals surface area contributed by atoms with E-state index in [1.807, 2.05) is 6.07 Å². The smallest absolute Gasteiger partial charge is 0.417 e. The molecule has 0 unspecified atom stereocenters. The number of thioether (sulfide) groups is 1. The number of thiazole rings is 1. The molecule has 11 heteroatoms. The average Bonchev–Trinajstić information content (AvgIpc) is 3.19. The van der Waals surface area contributed by atoms with Crippen LogP contribution in [0.4, 0.5) is 18.3 Å². The Kier molecular flexibility index (Phi) is 6.83. The van der Waals surface area contributed by atoms with Gasteiger partial charge < -0.3 is 14.8 Å². The van der Waals surface area contributed by atoms with Crippen LogP contribution in [0.3, 0.4) is 0 Å². The summed E-state index contributed by atoms with van der Waals surface area (Å²) >= 11 is 2.28. The maximum Gasteiger partial charge on any atom is 0.417 e. The lowest BCUT2D eigenvalue weighted by Gasteiger charge is -2.08. The molecule has 6 nitrogen and oxygen atoms in total. The Bertz CT molecular complexity index is 1020. The molecule has 0 saturated heterocycles. The number of nitrogens with one attached hydrogen (secondary N) is 1. The number of benzene rings is 1. The second-order valence-electron chi connectivity index (χ2n) is 5.82. The predicted molar refractivity (Wildman–Crippen MR) is 109 cm³/mol. The number of anilines is 1. The van der Waals surface area contributed by atoms with Crippen molar-refractivity contribution in [3.05, 3.63) is 47.5 Å². The Morgan fingerprint density at radius 3 is 2.63 bits per heavy atom. The van der Waals surface area contributed by atoms with Crippen LogP contribution >= 0.6 is 23.1 Å². The summed E-state index contributed by atoms with van der Waals surface area (Å²) < 4.78 is 48.2. The zero-order valence-corrected chi connectivity index (χ0v) is 17.5. The lowest BCUT2D eigenvalue weighted by atomic mass is 10.1. The van der Waals surface area contributed by atoms with Crippen LogP contribution in [-0.4, -0.2) is 35.8 Å². The average molecular weight is 455 g/mol. The normalized spacial score (nSPS) is 11.2. The molecule has 30 heavy (non-hydrogen) atoms. The lowest BCUT2D eigenvalue weighted by molar-refractivity contribution is -0.137. The van der Waals surface area contributed by atoms with Crippen molar-refractivity contribution in [3.63, 3.8) is 0 Å². The molecule has 1 aromatic carbocycles. The second kappa shape index (κ2) is 9.35. The molecule has 0 bridgehead atoms. The van der Waals surface area contributed by atoms with Gasteiger partial charge in [0.05, 0.1) is 36.3 Å². The Balaban J connectivity index is 1.60. The minimum atomic E-state index is -4.44. The van der Waals surface area contributed by atoms with E-state index in [1.54, 1.807) is 31.7 Å². The first kappa shape index (κ1) is 21.9. The standard InChI is InChI=1S/C19H16F3N3O3S2/c1-27-12-4-5-13(15(7-12)28-2)14-9-30-18(24-14)25-16(26)10-29-17-6-3-11(8-23-17)19(20,21)22/h3-9H,10H2,1-2H3,(H,24,25,26). The molecule has 1 amide bonds. The minimum Gasteiger partial charge on any atom is -0.497 e. The SMILES string of the molecule is COc1ccc(-c2csc(NC(=O)CSc3ccc(C(F)(F)F)cn3)n2)c(OC)c1. The van der Waals surface area contributed by atoms with Gasteiger partial charge in [-0.15, -0.1) is 11.3 Å².